The molecule has 0 aromatic heterocycles. The van der Waals surface area contributed by atoms with E-state index in [0.29, 0.717) is 5.56 Å². The number of rotatable bonds is 8. The number of amides is 1. The van der Waals surface area contributed by atoms with Gasteiger partial charge in [0.25, 0.3) is 0 Å². The first-order valence-electron chi connectivity index (χ1n) is 7.42. The number of methoxy groups -OCH3 is 1. The molecule has 0 spiro atoms. The van der Waals surface area contributed by atoms with E-state index in [1.165, 1.54) is 24.1 Å². The molecule has 1 rings (SSSR count). The molecule has 24 heavy (non-hydrogen) atoms. The Balaban J connectivity index is 0.00000529. The standard InChI is InChI=1S/C16H24F2N2O3.ClH/c1-5-10(2)14(19)15(21)20(3)9-11-6-7-12(22-4)13(8-11)23-16(17)18;/h6-8,10,14,16H,5,9,19H2,1-4H3;1H. The van der Waals surface area contributed by atoms with Crippen molar-refractivity contribution in [2.24, 2.45) is 11.7 Å². The van der Waals surface area contributed by atoms with Gasteiger partial charge in [-0.1, -0.05) is 26.3 Å². The Morgan fingerprint density at radius 1 is 1.33 bits per heavy atom. The predicted molar refractivity (Wildman–Crippen MR) is 90.8 cm³/mol. The third-order valence-electron chi connectivity index (χ3n) is 3.78. The van der Waals surface area contributed by atoms with E-state index in [1.54, 1.807) is 13.1 Å². The Morgan fingerprint density at radius 2 is 1.96 bits per heavy atom. The highest BCUT2D eigenvalue weighted by Crippen LogP contribution is 2.30. The van der Waals surface area contributed by atoms with Gasteiger partial charge in [0.05, 0.1) is 13.2 Å². The molecule has 1 aromatic carbocycles. The highest BCUT2D eigenvalue weighted by Gasteiger charge is 2.23. The molecule has 0 aliphatic heterocycles. The first-order valence-corrected chi connectivity index (χ1v) is 7.42. The largest absolute Gasteiger partial charge is 0.493 e. The topological polar surface area (TPSA) is 64.8 Å². The van der Waals surface area contributed by atoms with Crippen LogP contribution >= 0.6 is 12.4 Å². The molecular formula is C16H25ClF2N2O3. The van der Waals surface area contributed by atoms with Crippen LogP contribution in [0.25, 0.3) is 0 Å². The summed E-state index contributed by atoms with van der Waals surface area (Å²) in [6, 6.07) is 4.07. The Hall–Kier alpha value is -1.60. The van der Waals surface area contributed by atoms with Crippen molar-refractivity contribution in [1.29, 1.82) is 0 Å². The van der Waals surface area contributed by atoms with E-state index in [9.17, 15) is 13.6 Å². The summed E-state index contributed by atoms with van der Waals surface area (Å²) < 4.78 is 34.3. The zero-order chi connectivity index (χ0) is 17.6. The number of carbonyl (C=O) groups is 1. The molecule has 0 fully saturated rings. The number of nitrogens with two attached hydrogens (primary N) is 1. The first-order chi connectivity index (χ1) is 10.8. The van der Waals surface area contributed by atoms with Gasteiger partial charge in [-0.2, -0.15) is 8.78 Å². The van der Waals surface area contributed by atoms with Crippen molar-refractivity contribution < 1.29 is 23.0 Å². The molecule has 1 aromatic rings. The number of ether oxygens (including phenoxy) is 2. The zero-order valence-electron chi connectivity index (χ0n) is 14.3. The SMILES string of the molecule is CCC(C)C(N)C(=O)N(C)Cc1ccc(OC)c(OC(F)F)c1.Cl. The van der Waals surface area contributed by atoms with E-state index >= 15 is 0 Å². The molecular weight excluding hydrogens is 342 g/mol. The maximum atomic E-state index is 12.4. The maximum absolute atomic E-state index is 12.4. The summed E-state index contributed by atoms with van der Waals surface area (Å²) in [6.07, 6.45) is 0.801. The second-order valence-electron chi connectivity index (χ2n) is 5.47. The van der Waals surface area contributed by atoms with Gasteiger partial charge in [-0.05, 0) is 23.6 Å². The molecule has 0 bridgehead atoms. The lowest BCUT2D eigenvalue weighted by Crippen LogP contribution is -2.45. The lowest BCUT2D eigenvalue weighted by molar-refractivity contribution is -0.133. The second kappa shape index (κ2) is 10.3. The summed E-state index contributed by atoms with van der Waals surface area (Å²) in [4.78, 5) is 13.7. The summed E-state index contributed by atoms with van der Waals surface area (Å²) in [5, 5.41) is 0. The van der Waals surface area contributed by atoms with Crippen LogP contribution in [0.3, 0.4) is 0 Å². The number of alkyl halides is 2. The number of carbonyl (C=O) groups excluding carboxylic acids is 1. The molecule has 0 aliphatic carbocycles. The normalized spacial score (nSPS) is 13.0. The van der Waals surface area contributed by atoms with Crippen molar-refractivity contribution in [3.05, 3.63) is 23.8 Å². The molecule has 0 aliphatic rings. The van der Waals surface area contributed by atoms with Gasteiger partial charge in [0.2, 0.25) is 5.91 Å². The monoisotopic (exact) mass is 366 g/mol. The Bertz CT molecular complexity index is 532. The van der Waals surface area contributed by atoms with E-state index in [0.717, 1.165) is 6.42 Å². The summed E-state index contributed by atoms with van der Waals surface area (Å²) in [5.74, 6) is 0.0245. The molecule has 1 amide bonds. The van der Waals surface area contributed by atoms with Gasteiger partial charge in [0, 0.05) is 13.6 Å². The minimum atomic E-state index is -2.95. The zero-order valence-corrected chi connectivity index (χ0v) is 15.1. The van der Waals surface area contributed by atoms with E-state index < -0.39 is 12.7 Å². The molecule has 2 N–H and O–H groups in total. The molecule has 2 unspecified atom stereocenters. The Labute approximate surface area is 147 Å². The highest BCUT2D eigenvalue weighted by molar-refractivity contribution is 5.85. The predicted octanol–water partition coefficient (Wildman–Crippen LogP) is 3.05. The van der Waals surface area contributed by atoms with Crippen LogP contribution in [-0.2, 0) is 11.3 Å². The lowest BCUT2D eigenvalue weighted by Gasteiger charge is -2.25. The number of nitrogens with zero attached hydrogens (tertiary/aromatic N) is 1. The first kappa shape index (κ1) is 22.4. The Morgan fingerprint density at radius 3 is 2.46 bits per heavy atom. The number of halogens is 3. The van der Waals surface area contributed by atoms with Crippen LogP contribution in [0, 0.1) is 5.92 Å². The minimum absolute atomic E-state index is 0. The molecule has 5 nitrogen and oxygen atoms in total. The van der Waals surface area contributed by atoms with Gasteiger partial charge in [-0.15, -0.1) is 12.4 Å². The second-order valence-corrected chi connectivity index (χ2v) is 5.47. The average Bonchev–Trinajstić information content (AvgIpc) is 2.52. The third kappa shape index (κ3) is 6.13. The number of hydrogen-bond donors (Lipinski definition) is 1. The molecule has 8 heteroatoms. The van der Waals surface area contributed by atoms with Crippen molar-refractivity contribution >= 4 is 18.3 Å². The molecule has 0 radical (unpaired) electrons. The summed E-state index contributed by atoms with van der Waals surface area (Å²) >= 11 is 0. The lowest BCUT2D eigenvalue weighted by atomic mass is 9.99. The molecule has 0 saturated carbocycles. The summed E-state index contributed by atoms with van der Waals surface area (Å²) in [7, 11) is 3.00. The van der Waals surface area contributed by atoms with Gasteiger partial charge in [-0.25, -0.2) is 0 Å². The molecule has 0 saturated heterocycles. The van der Waals surface area contributed by atoms with E-state index in [4.69, 9.17) is 10.5 Å². The quantitative estimate of drug-likeness (QED) is 0.768. The van der Waals surface area contributed by atoms with Crippen molar-refractivity contribution in [2.75, 3.05) is 14.2 Å². The molecule has 138 valence electrons. The van der Waals surface area contributed by atoms with Gasteiger partial charge >= 0.3 is 6.61 Å². The van der Waals surface area contributed by atoms with Crippen LogP contribution in [-0.4, -0.2) is 37.6 Å². The molecule has 0 heterocycles. The van der Waals surface area contributed by atoms with Crippen LogP contribution in [0.4, 0.5) is 8.78 Å². The summed E-state index contributed by atoms with van der Waals surface area (Å²) in [6.45, 7) is 1.18. The third-order valence-corrected chi connectivity index (χ3v) is 3.78. The van der Waals surface area contributed by atoms with Gasteiger partial charge < -0.3 is 20.1 Å². The van der Waals surface area contributed by atoms with Gasteiger partial charge in [0.15, 0.2) is 11.5 Å². The van der Waals surface area contributed by atoms with Crippen LogP contribution in [0.15, 0.2) is 18.2 Å². The fraction of sp³-hybridized carbons (Fsp3) is 0.562. The highest BCUT2D eigenvalue weighted by atomic mass is 35.5. The van der Waals surface area contributed by atoms with Crippen molar-refractivity contribution in [1.82, 2.24) is 4.90 Å². The maximum Gasteiger partial charge on any atom is 0.387 e. The van der Waals surface area contributed by atoms with E-state index in [2.05, 4.69) is 4.74 Å². The van der Waals surface area contributed by atoms with Gasteiger partial charge in [-0.3, -0.25) is 4.79 Å². The van der Waals surface area contributed by atoms with E-state index in [-0.39, 0.29) is 42.3 Å². The smallest absolute Gasteiger partial charge is 0.387 e. The Kier molecular flexibility index (Phi) is 9.62. The van der Waals surface area contributed by atoms with Crippen molar-refractivity contribution in [3.63, 3.8) is 0 Å². The van der Waals surface area contributed by atoms with Crippen molar-refractivity contribution in [2.45, 2.75) is 39.5 Å². The average molecular weight is 367 g/mol. The fourth-order valence-corrected chi connectivity index (χ4v) is 2.11. The number of benzene rings is 1. The van der Waals surface area contributed by atoms with Crippen LogP contribution in [0.2, 0.25) is 0 Å². The summed E-state index contributed by atoms with van der Waals surface area (Å²) in [5.41, 5.74) is 6.58. The molecule has 2 atom stereocenters. The van der Waals surface area contributed by atoms with Crippen LogP contribution < -0.4 is 15.2 Å². The fourth-order valence-electron chi connectivity index (χ4n) is 2.11. The minimum Gasteiger partial charge on any atom is -0.493 e. The van der Waals surface area contributed by atoms with Crippen molar-refractivity contribution in [3.8, 4) is 11.5 Å². The van der Waals surface area contributed by atoms with E-state index in [1.807, 2.05) is 13.8 Å². The number of hydrogen-bond acceptors (Lipinski definition) is 4. The number of likely N-dealkylation sites (N-methyl/N-ethyl adjacent to an activating group) is 1. The van der Waals surface area contributed by atoms with Crippen LogP contribution in [0.5, 0.6) is 11.5 Å². The van der Waals surface area contributed by atoms with Gasteiger partial charge in [0.1, 0.15) is 0 Å². The van der Waals surface area contributed by atoms with Crippen LogP contribution in [0.1, 0.15) is 25.8 Å².